The number of benzene rings is 1. The van der Waals surface area contributed by atoms with Gasteiger partial charge in [-0.1, -0.05) is 50.6 Å². The Kier molecular flexibility index (Phi) is 5.09. The van der Waals surface area contributed by atoms with Gasteiger partial charge in [-0.2, -0.15) is 0 Å². The second kappa shape index (κ2) is 6.39. The lowest BCUT2D eigenvalue weighted by Crippen LogP contribution is -2.07. The van der Waals surface area contributed by atoms with E-state index in [2.05, 4.69) is 32.3 Å². The van der Waals surface area contributed by atoms with Crippen LogP contribution in [0.25, 0.3) is 0 Å². The SMILES string of the molecule is CC(C)CCC([C]=O)Cc1ccccc1. The fraction of sp³-hybridized carbons (Fsp3) is 0.500. The van der Waals surface area contributed by atoms with Gasteiger partial charge in [-0.3, -0.25) is 4.79 Å². The topological polar surface area (TPSA) is 17.1 Å². The lowest BCUT2D eigenvalue weighted by atomic mass is 9.93. The van der Waals surface area contributed by atoms with Crippen molar-refractivity contribution in [3.05, 3.63) is 35.9 Å². The van der Waals surface area contributed by atoms with Crippen molar-refractivity contribution in [1.82, 2.24) is 0 Å². The average Bonchev–Trinajstić information content (AvgIpc) is 2.25. The number of hydrogen-bond donors (Lipinski definition) is 0. The molecule has 1 heteroatoms. The predicted octanol–water partition coefficient (Wildman–Crippen LogP) is 3.39. The van der Waals surface area contributed by atoms with Gasteiger partial charge in [0.25, 0.3) is 0 Å². The van der Waals surface area contributed by atoms with Crippen LogP contribution in [0.15, 0.2) is 30.3 Å². The Balaban J connectivity index is 2.43. The minimum absolute atomic E-state index is 0.0646. The molecule has 0 aliphatic heterocycles. The third-order valence-electron chi connectivity index (χ3n) is 2.58. The van der Waals surface area contributed by atoms with Crippen molar-refractivity contribution in [2.24, 2.45) is 11.8 Å². The molecule has 0 saturated heterocycles. The maximum Gasteiger partial charge on any atom is 0.202 e. The van der Waals surface area contributed by atoms with E-state index in [4.69, 9.17) is 0 Å². The molecule has 81 valence electrons. The van der Waals surface area contributed by atoms with E-state index in [0.29, 0.717) is 5.92 Å². The highest BCUT2D eigenvalue weighted by Gasteiger charge is 2.10. The van der Waals surface area contributed by atoms with Crippen LogP contribution in [0.1, 0.15) is 32.3 Å². The molecule has 0 fully saturated rings. The first-order valence-electron chi connectivity index (χ1n) is 5.64. The summed E-state index contributed by atoms with van der Waals surface area (Å²) in [6, 6.07) is 10.2. The minimum atomic E-state index is 0.0646. The quantitative estimate of drug-likeness (QED) is 0.692. The fourth-order valence-electron chi connectivity index (χ4n) is 1.64. The van der Waals surface area contributed by atoms with Gasteiger partial charge >= 0.3 is 0 Å². The zero-order valence-electron chi connectivity index (χ0n) is 9.57. The van der Waals surface area contributed by atoms with Crippen LogP contribution in [0, 0.1) is 11.8 Å². The molecule has 0 heterocycles. The highest BCUT2D eigenvalue weighted by molar-refractivity contribution is 5.55. The summed E-state index contributed by atoms with van der Waals surface area (Å²) in [5, 5.41) is 0. The molecule has 1 aromatic carbocycles. The van der Waals surface area contributed by atoms with Gasteiger partial charge < -0.3 is 0 Å². The first-order valence-corrected chi connectivity index (χ1v) is 5.64. The molecular formula is C14H19O. The molecule has 1 rings (SSSR count). The van der Waals surface area contributed by atoms with Crippen molar-refractivity contribution >= 4 is 6.29 Å². The highest BCUT2D eigenvalue weighted by atomic mass is 16.1. The molecule has 0 N–H and O–H groups in total. The van der Waals surface area contributed by atoms with Crippen LogP contribution in [-0.2, 0) is 11.2 Å². The lowest BCUT2D eigenvalue weighted by Gasteiger charge is -2.10. The first-order chi connectivity index (χ1) is 7.22. The molecular weight excluding hydrogens is 184 g/mol. The van der Waals surface area contributed by atoms with Crippen molar-refractivity contribution in [2.45, 2.75) is 33.1 Å². The van der Waals surface area contributed by atoms with Crippen molar-refractivity contribution in [3.8, 4) is 0 Å². The largest absolute Gasteiger partial charge is 0.291 e. The molecule has 1 nitrogen and oxygen atoms in total. The Morgan fingerprint density at radius 1 is 1.13 bits per heavy atom. The van der Waals surface area contributed by atoms with Crippen molar-refractivity contribution in [3.63, 3.8) is 0 Å². The summed E-state index contributed by atoms with van der Waals surface area (Å²) in [6.45, 7) is 4.37. The highest BCUT2D eigenvalue weighted by Crippen LogP contribution is 2.15. The van der Waals surface area contributed by atoms with Gasteiger partial charge in [-0.15, -0.1) is 0 Å². The maximum atomic E-state index is 10.8. The standard InChI is InChI=1S/C14H19O/c1-12(2)8-9-14(11-15)10-13-6-4-3-5-7-13/h3-7,12,14H,8-10H2,1-2H3. The summed E-state index contributed by atoms with van der Waals surface area (Å²) in [6.07, 6.45) is 5.04. The first kappa shape index (κ1) is 12.0. The number of hydrogen-bond acceptors (Lipinski definition) is 1. The minimum Gasteiger partial charge on any atom is -0.291 e. The van der Waals surface area contributed by atoms with Crippen LogP contribution < -0.4 is 0 Å². The van der Waals surface area contributed by atoms with Crippen molar-refractivity contribution in [1.29, 1.82) is 0 Å². The van der Waals surface area contributed by atoms with Crippen LogP contribution in [0.3, 0.4) is 0 Å². The van der Waals surface area contributed by atoms with Gasteiger partial charge in [0.2, 0.25) is 6.29 Å². The molecule has 1 aromatic rings. The molecule has 1 atom stereocenters. The predicted molar refractivity (Wildman–Crippen MR) is 63.4 cm³/mol. The molecule has 15 heavy (non-hydrogen) atoms. The van der Waals surface area contributed by atoms with Crippen LogP contribution >= 0.6 is 0 Å². The lowest BCUT2D eigenvalue weighted by molar-refractivity contribution is 0.462. The molecule has 0 aromatic heterocycles. The Morgan fingerprint density at radius 2 is 1.80 bits per heavy atom. The smallest absolute Gasteiger partial charge is 0.202 e. The molecule has 0 amide bonds. The van der Waals surface area contributed by atoms with Crippen molar-refractivity contribution < 1.29 is 4.79 Å². The normalized spacial score (nSPS) is 12.7. The Bertz CT molecular complexity index is 277. The summed E-state index contributed by atoms with van der Waals surface area (Å²) in [7, 11) is 0. The zero-order chi connectivity index (χ0) is 11.1. The van der Waals surface area contributed by atoms with E-state index in [0.717, 1.165) is 19.3 Å². The Morgan fingerprint density at radius 3 is 2.33 bits per heavy atom. The van der Waals surface area contributed by atoms with Gasteiger partial charge in [-0.05, 0) is 24.3 Å². The summed E-state index contributed by atoms with van der Waals surface area (Å²) in [5.74, 6) is 0.728. The fourth-order valence-corrected chi connectivity index (χ4v) is 1.64. The average molecular weight is 203 g/mol. The number of rotatable bonds is 6. The van der Waals surface area contributed by atoms with E-state index in [1.165, 1.54) is 5.56 Å². The third kappa shape index (κ3) is 4.78. The van der Waals surface area contributed by atoms with Crippen LogP contribution in [0.4, 0.5) is 0 Å². The Labute approximate surface area is 92.5 Å². The van der Waals surface area contributed by atoms with Crippen LogP contribution in [0.2, 0.25) is 0 Å². The Hall–Kier alpha value is -1.11. The summed E-state index contributed by atoms with van der Waals surface area (Å²) < 4.78 is 0. The van der Waals surface area contributed by atoms with E-state index in [9.17, 15) is 4.79 Å². The van der Waals surface area contributed by atoms with Gasteiger partial charge in [0.15, 0.2) is 0 Å². The summed E-state index contributed by atoms with van der Waals surface area (Å²) >= 11 is 0. The van der Waals surface area contributed by atoms with Crippen LogP contribution in [0.5, 0.6) is 0 Å². The van der Waals surface area contributed by atoms with E-state index >= 15 is 0 Å². The van der Waals surface area contributed by atoms with E-state index in [1.807, 2.05) is 18.2 Å². The van der Waals surface area contributed by atoms with E-state index in [-0.39, 0.29) is 5.92 Å². The molecule has 0 aliphatic rings. The molecule has 0 aliphatic carbocycles. The van der Waals surface area contributed by atoms with Gasteiger partial charge in [0.1, 0.15) is 0 Å². The third-order valence-corrected chi connectivity index (χ3v) is 2.58. The van der Waals surface area contributed by atoms with Gasteiger partial charge in [0, 0.05) is 5.92 Å². The van der Waals surface area contributed by atoms with E-state index in [1.54, 1.807) is 0 Å². The van der Waals surface area contributed by atoms with Crippen LogP contribution in [-0.4, -0.2) is 6.29 Å². The molecule has 0 spiro atoms. The van der Waals surface area contributed by atoms with Crippen molar-refractivity contribution in [2.75, 3.05) is 0 Å². The molecule has 0 bridgehead atoms. The maximum absolute atomic E-state index is 10.8. The second-order valence-corrected chi connectivity index (χ2v) is 4.48. The molecule has 1 unspecified atom stereocenters. The zero-order valence-corrected chi connectivity index (χ0v) is 9.57. The van der Waals surface area contributed by atoms with Gasteiger partial charge in [-0.25, -0.2) is 0 Å². The number of carbonyl (C=O) groups excluding carboxylic acids is 1. The van der Waals surface area contributed by atoms with Gasteiger partial charge in [0.05, 0.1) is 0 Å². The summed E-state index contributed by atoms with van der Waals surface area (Å²) in [4.78, 5) is 10.8. The second-order valence-electron chi connectivity index (χ2n) is 4.48. The molecule has 0 saturated carbocycles. The van der Waals surface area contributed by atoms with E-state index < -0.39 is 0 Å². The monoisotopic (exact) mass is 203 g/mol. The molecule has 1 radical (unpaired) electrons. The summed E-state index contributed by atoms with van der Waals surface area (Å²) in [5.41, 5.74) is 1.23.